The molecule has 0 saturated heterocycles. The molecule has 2 rings (SSSR count). The van der Waals surface area contributed by atoms with E-state index in [-0.39, 0.29) is 29.8 Å². The highest BCUT2D eigenvalue weighted by atomic mass is 16.6. The Balaban J connectivity index is 1.93. The number of aromatic nitrogens is 3. The molecule has 0 aliphatic heterocycles. The average molecular weight is 332 g/mol. The number of hydrazone groups is 1. The Morgan fingerprint density at radius 3 is 2.83 bits per heavy atom. The number of para-hydroxylation sites is 1. The maximum absolute atomic E-state index is 11.6. The number of aromatic amines is 2. The van der Waals surface area contributed by atoms with Crippen molar-refractivity contribution in [2.45, 2.75) is 12.8 Å². The molecule has 3 N–H and O–H groups in total. The number of amides is 1. The number of aryl methyl sites for hydroxylation is 1. The standard InChI is InChI=1S/C13H12N6O5/c20-11(6-5-9-12(21)15-13(22)18-16-9)17-14-7-8-3-1-2-4-10(8)19(23)24/h1-4,7H,5-6H2,(H,17,20)(H2,15,18,21,22)/b14-7-. The highest BCUT2D eigenvalue weighted by molar-refractivity contribution is 5.86. The normalized spacial score (nSPS) is 10.7. The van der Waals surface area contributed by atoms with Crippen LogP contribution in [0.25, 0.3) is 0 Å². The molecule has 124 valence electrons. The van der Waals surface area contributed by atoms with Gasteiger partial charge in [-0.2, -0.15) is 10.2 Å². The zero-order valence-electron chi connectivity index (χ0n) is 12.2. The fourth-order valence-corrected chi connectivity index (χ4v) is 1.77. The first-order valence-electron chi connectivity index (χ1n) is 6.70. The first kappa shape index (κ1) is 16.7. The predicted octanol–water partition coefficient (Wildman–Crippen LogP) is -0.551. The van der Waals surface area contributed by atoms with Crippen LogP contribution in [0.15, 0.2) is 39.0 Å². The van der Waals surface area contributed by atoms with Gasteiger partial charge >= 0.3 is 5.69 Å². The van der Waals surface area contributed by atoms with E-state index in [0.717, 1.165) is 6.21 Å². The van der Waals surface area contributed by atoms with Crippen molar-refractivity contribution in [2.75, 3.05) is 0 Å². The van der Waals surface area contributed by atoms with Gasteiger partial charge in [-0.3, -0.25) is 24.7 Å². The van der Waals surface area contributed by atoms with Gasteiger partial charge in [0.15, 0.2) is 0 Å². The van der Waals surface area contributed by atoms with E-state index < -0.39 is 22.1 Å². The number of benzene rings is 1. The van der Waals surface area contributed by atoms with Crippen LogP contribution in [0, 0.1) is 10.1 Å². The summed E-state index contributed by atoms with van der Waals surface area (Å²) in [6, 6.07) is 5.92. The van der Waals surface area contributed by atoms with Gasteiger partial charge in [0.2, 0.25) is 5.91 Å². The molecule has 0 aliphatic carbocycles. The van der Waals surface area contributed by atoms with Gasteiger partial charge in [0.05, 0.1) is 16.7 Å². The minimum Gasteiger partial charge on any atom is -0.273 e. The molecule has 11 nitrogen and oxygen atoms in total. The summed E-state index contributed by atoms with van der Waals surface area (Å²) in [4.78, 5) is 46.1. The van der Waals surface area contributed by atoms with Crippen LogP contribution in [-0.2, 0) is 11.2 Å². The van der Waals surface area contributed by atoms with E-state index in [0.29, 0.717) is 0 Å². The fraction of sp³-hybridized carbons (Fsp3) is 0.154. The third kappa shape index (κ3) is 4.43. The minimum absolute atomic E-state index is 0.00104. The van der Waals surface area contributed by atoms with Gasteiger partial charge in [-0.15, -0.1) is 0 Å². The lowest BCUT2D eigenvalue weighted by Gasteiger charge is -1.99. The summed E-state index contributed by atoms with van der Waals surface area (Å²) in [6.45, 7) is 0. The number of nitro benzene ring substituents is 1. The van der Waals surface area contributed by atoms with E-state index >= 15 is 0 Å². The van der Waals surface area contributed by atoms with Crippen LogP contribution >= 0.6 is 0 Å². The summed E-state index contributed by atoms with van der Waals surface area (Å²) in [5, 5.41) is 20.1. The van der Waals surface area contributed by atoms with Crippen molar-refractivity contribution in [3.63, 3.8) is 0 Å². The number of carbonyl (C=O) groups is 1. The van der Waals surface area contributed by atoms with Crippen LogP contribution in [-0.4, -0.2) is 32.2 Å². The van der Waals surface area contributed by atoms with Crippen molar-refractivity contribution >= 4 is 17.8 Å². The number of rotatable bonds is 6. The summed E-state index contributed by atoms with van der Waals surface area (Å²) >= 11 is 0. The summed E-state index contributed by atoms with van der Waals surface area (Å²) in [5.41, 5.74) is 0.894. The molecule has 1 amide bonds. The molecule has 0 fully saturated rings. The van der Waals surface area contributed by atoms with Crippen molar-refractivity contribution in [1.82, 2.24) is 20.6 Å². The molecule has 0 spiro atoms. The lowest BCUT2D eigenvalue weighted by atomic mass is 10.2. The number of hydrogen-bond acceptors (Lipinski definition) is 7. The SMILES string of the molecule is O=C(CCc1n[nH]c(=O)[nH]c1=O)N/N=C\c1ccccc1[N+](=O)[O-]. The molecule has 1 heterocycles. The zero-order valence-corrected chi connectivity index (χ0v) is 12.2. The Bertz CT molecular complexity index is 900. The second-order valence-corrected chi connectivity index (χ2v) is 4.56. The van der Waals surface area contributed by atoms with Crippen LogP contribution in [0.1, 0.15) is 17.7 Å². The molecule has 1 aromatic carbocycles. The van der Waals surface area contributed by atoms with Gasteiger partial charge in [0.25, 0.3) is 11.2 Å². The maximum atomic E-state index is 11.6. The molecule has 0 radical (unpaired) electrons. The van der Waals surface area contributed by atoms with Gasteiger partial charge in [-0.25, -0.2) is 15.3 Å². The van der Waals surface area contributed by atoms with Crippen LogP contribution in [0.5, 0.6) is 0 Å². The first-order valence-corrected chi connectivity index (χ1v) is 6.70. The Kier molecular flexibility index (Phi) is 5.28. The summed E-state index contributed by atoms with van der Waals surface area (Å²) in [7, 11) is 0. The maximum Gasteiger partial charge on any atom is 0.342 e. The van der Waals surface area contributed by atoms with Crippen molar-refractivity contribution in [2.24, 2.45) is 5.10 Å². The van der Waals surface area contributed by atoms with Gasteiger partial charge in [-0.05, 0) is 6.07 Å². The minimum atomic E-state index is -0.734. The number of carbonyl (C=O) groups excluding carboxylic acids is 1. The van der Waals surface area contributed by atoms with Crippen molar-refractivity contribution in [3.05, 3.63) is 66.5 Å². The summed E-state index contributed by atoms with van der Waals surface area (Å²) in [5.74, 6) is -0.516. The van der Waals surface area contributed by atoms with Gasteiger partial charge in [0, 0.05) is 18.9 Å². The lowest BCUT2D eigenvalue weighted by molar-refractivity contribution is -0.385. The molecule has 2 aromatic rings. The Morgan fingerprint density at radius 2 is 2.12 bits per heavy atom. The molecule has 0 aliphatic rings. The van der Waals surface area contributed by atoms with E-state index in [1.165, 1.54) is 18.2 Å². The van der Waals surface area contributed by atoms with Gasteiger partial charge in [-0.1, -0.05) is 12.1 Å². The van der Waals surface area contributed by atoms with Crippen LogP contribution in [0.3, 0.4) is 0 Å². The van der Waals surface area contributed by atoms with E-state index in [2.05, 4.69) is 20.7 Å². The highest BCUT2D eigenvalue weighted by Gasteiger charge is 2.10. The number of nitrogens with zero attached hydrogens (tertiary/aromatic N) is 3. The van der Waals surface area contributed by atoms with E-state index in [1.54, 1.807) is 6.07 Å². The highest BCUT2D eigenvalue weighted by Crippen LogP contribution is 2.14. The Labute approximate surface area is 133 Å². The van der Waals surface area contributed by atoms with Crippen LogP contribution in [0.2, 0.25) is 0 Å². The lowest BCUT2D eigenvalue weighted by Crippen LogP contribution is -2.28. The van der Waals surface area contributed by atoms with E-state index in [9.17, 15) is 24.5 Å². The molecule has 24 heavy (non-hydrogen) atoms. The topological polar surface area (TPSA) is 163 Å². The van der Waals surface area contributed by atoms with Gasteiger partial charge < -0.3 is 0 Å². The molecule has 0 bridgehead atoms. The van der Waals surface area contributed by atoms with Crippen molar-refractivity contribution in [3.8, 4) is 0 Å². The number of nitrogens with one attached hydrogen (secondary N) is 3. The second kappa shape index (κ2) is 7.58. The second-order valence-electron chi connectivity index (χ2n) is 4.56. The van der Waals surface area contributed by atoms with E-state index in [1.807, 2.05) is 4.98 Å². The first-order chi connectivity index (χ1) is 11.5. The Morgan fingerprint density at radius 1 is 1.38 bits per heavy atom. The van der Waals surface area contributed by atoms with Crippen LogP contribution < -0.4 is 16.7 Å². The number of H-pyrrole nitrogens is 2. The average Bonchev–Trinajstić information content (AvgIpc) is 2.54. The molecule has 0 saturated carbocycles. The fourth-order valence-electron chi connectivity index (χ4n) is 1.77. The third-order valence-electron chi connectivity index (χ3n) is 2.90. The van der Waals surface area contributed by atoms with Crippen molar-refractivity contribution < 1.29 is 9.72 Å². The monoisotopic (exact) mass is 332 g/mol. The zero-order chi connectivity index (χ0) is 17.5. The smallest absolute Gasteiger partial charge is 0.273 e. The number of hydrogen-bond donors (Lipinski definition) is 3. The predicted molar refractivity (Wildman–Crippen MR) is 82.6 cm³/mol. The number of nitro groups is 1. The Hall–Kier alpha value is -3.63. The summed E-state index contributed by atoms with van der Waals surface area (Å²) in [6.07, 6.45) is 1.05. The van der Waals surface area contributed by atoms with Gasteiger partial charge in [0.1, 0.15) is 5.69 Å². The molecular formula is C13H12N6O5. The quantitative estimate of drug-likeness (QED) is 0.365. The summed E-state index contributed by atoms with van der Waals surface area (Å²) < 4.78 is 0. The molecule has 0 atom stereocenters. The van der Waals surface area contributed by atoms with Crippen molar-refractivity contribution in [1.29, 1.82) is 0 Å². The molecule has 11 heteroatoms. The largest absolute Gasteiger partial charge is 0.342 e. The van der Waals surface area contributed by atoms with Crippen LogP contribution in [0.4, 0.5) is 5.69 Å². The molecule has 0 unspecified atom stereocenters. The molecule has 1 aromatic heterocycles. The third-order valence-corrected chi connectivity index (χ3v) is 2.90. The molecular weight excluding hydrogens is 320 g/mol. The van der Waals surface area contributed by atoms with E-state index in [4.69, 9.17) is 0 Å².